The molecule has 1 aromatic heterocycles. The fraction of sp³-hybridized carbons (Fsp3) is 0.282. The van der Waals surface area contributed by atoms with Crippen LogP contribution in [0.3, 0.4) is 0 Å². The minimum atomic E-state index is -1.00. The molecule has 3 atom stereocenters. The van der Waals surface area contributed by atoms with E-state index in [0.717, 1.165) is 35.1 Å². The van der Waals surface area contributed by atoms with Gasteiger partial charge in [0.1, 0.15) is 17.8 Å². The van der Waals surface area contributed by atoms with Crippen molar-refractivity contribution in [3.63, 3.8) is 0 Å². The lowest BCUT2D eigenvalue weighted by Gasteiger charge is -2.33. The van der Waals surface area contributed by atoms with Gasteiger partial charge in [-0.3, -0.25) is 14.4 Å². The van der Waals surface area contributed by atoms with Crippen LogP contribution in [0.2, 0.25) is 0 Å². The molecule has 4 rings (SSSR count). The number of carbonyl (C=O) groups excluding carboxylic acids is 2. The summed E-state index contributed by atoms with van der Waals surface area (Å²) in [5, 5.41) is 25.9. The van der Waals surface area contributed by atoms with Gasteiger partial charge in [-0.15, -0.1) is 0 Å². The molecule has 5 N–H and O–H groups in total. The van der Waals surface area contributed by atoms with Crippen LogP contribution in [0.5, 0.6) is 5.75 Å². The van der Waals surface area contributed by atoms with Crippen molar-refractivity contribution in [2.75, 3.05) is 13.6 Å². The first-order chi connectivity index (χ1) is 23.7. The first kappa shape index (κ1) is 36.4. The lowest BCUT2D eigenvalue weighted by Crippen LogP contribution is -2.55. The monoisotopic (exact) mass is 663 g/mol. The van der Waals surface area contributed by atoms with Crippen molar-refractivity contribution in [3.8, 4) is 5.75 Å². The number of carbonyl (C=O) groups is 3. The number of H-pyrrole nitrogens is 1. The molecule has 256 valence electrons. The fourth-order valence-electron chi connectivity index (χ4n) is 5.44. The number of hydrogen-bond acceptors (Lipinski definition) is 6. The average molecular weight is 664 g/mol. The van der Waals surface area contributed by atoms with Gasteiger partial charge in [0.05, 0.1) is 6.33 Å². The molecule has 3 aromatic carbocycles. The van der Waals surface area contributed by atoms with Gasteiger partial charge in [-0.05, 0) is 59.7 Å². The van der Waals surface area contributed by atoms with Crippen LogP contribution in [0.25, 0.3) is 12.2 Å². The summed E-state index contributed by atoms with van der Waals surface area (Å²) in [6.45, 7) is 2.28. The van der Waals surface area contributed by atoms with Gasteiger partial charge in [-0.2, -0.15) is 0 Å². The SMILES string of the molecule is CCC/C=C\c1ccccc1/C=C/C(=O)N[C@H](Cc1cnc[nH]1)C(=O)N(C)[C@H](CN[C@H](Cc1ccccc1)C(=O)O)Cc1ccc(O)cc1. The molecule has 10 heteroatoms. The zero-order valence-corrected chi connectivity index (χ0v) is 28.0. The Bertz CT molecular complexity index is 1690. The standard InChI is InChI=1S/C39H45N5O5/c1-3-4-6-13-30-14-9-10-15-31(30)18-21-37(46)43-35(24-32-25-40-27-42-32)38(47)44(2)33(22-29-16-19-34(45)20-17-29)26-41-36(39(48)49)23-28-11-7-5-8-12-28/h5-21,25,27,33,35-36,41,45H,3-4,22-24,26H2,1-2H3,(H,40,42)(H,43,46)(H,48,49)/b13-6-,21-18+/t33-,35+,36+/m0/s1. The van der Waals surface area contributed by atoms with Crippen LogP contribution in [0.1, 0.15) is 47.7 Å². The number of likely N-dealkylation sites (N-methyl/N-ethyl adjacent to an activating group) is 1. The number of benzene rings is 3. The number of aliphatic carboxylic acids is 1. The van der Waals surface area contributed by atoms with Gasteiger partial charge in [-0.25, -0.2) is 4.98 Å². The Hall–Kier alpha value is -5.48. The molecule has 49 heavy (non-hydrogen) atoms. The molecule has 0 saturated carbocycles. The van der Waals surface area contributed by atoms with Gasteiger partial charge >= 0.3 is 5.97 Å². The third-order valence-corrected chi connectivity index (χ3v) is 8.24. The maximum Gasteiger partial charge on any atom is 0.321 e. The van der Waals surface area contributed by atoms with E-state index in [1.807, 2.05) is 60.7 Å². The Morgan fingerprint density at radius 2 is 1.55 bits per heavy atom. The third-order valence-electron chi connectivity index (χ3n) is 8.24. The molecule has 10 nitrogen and oxygen atoms in total. The Labute approximate surface area is 287 Å². The highest BCUT2D eigenvalue weighted by molar-refractivity contribution is 5.96. The topological polar surface area (TPSA) is 148 Å². The van der Waals surface area contributed by atoms with Crippen molar-refractivity contribution >= 4 is 29.9 Å². The quantitative estimate of drug-likeness (QED) is 0.0939. The van der Waals surface area contributed by atoms with Gasteiger partial charge < -0.3 is 30.7 Å². The van der Waals surface area contributed by atoms with E-state index in [0.29, 0.717) is 12.1 Å². The van der Waals surface area contributed by atoms with Gasteiger partial charge in [0.15, 0.2) is 0 Å². The molecule has 4 aromatic rings. The highest BCUT2D eigenvalue weighted by atomic mass is 16.4. The number of imidazole rings is 1. The van der Waals surface area contributed by atoms with Gasteiger partial charge in [0.2, 0.25) is 11.8 Å². The van der Waals surface area contributed by atoms with E-state index >= 15 is 0 Å². The second-order valence-corrected chi connectivity index (χ2v) is 12.0. The number of rotatable bonds is 18. The molecule has 0 saturated heterocycles. The van der Waals surface area contributed by atoms with E-state index in [4.69, 9.17) is 0 Å². The fourth-order valence-corrected chi connectivity index (χ4v) is 5.44. The van der Waals surface area contributed by atoms with Gasteiger partial charge in [0, 0.05) is 44.0 Å². The van der Waals surface area contributed by atoms with Crippen LogP contribution in [-0.4, -0.2) is 74.6 Å². The van der Waals surface area contributed by atoms with E-state index < -0.39 is 30.0 Å². The number of carboxylic acid groups (broad SMARTS) is 1. The van der Waals surface area contributed by atoms with Crippen LogP contribution in [0.4, 0.5) is 0 Å². The van der Waals surface area contributed by atoms with Crippen molar-refractivity contribution in [1.29, 1.82) is 0 Å². The summed E-state index contributed by atoms with van der Waals surface area (Å²) >= 11 is 0. The molecular weight excluding hydrogens is 618 g/mol. The summed E-state index contributed by atoms with van der Waals surface area (Å²) < 4.78 is 0. The normalized spacial score (nSPS) is 13.3. The molecule has 0 bridgehead atoms. The minimum Gasteiger partial charge on any atom is -0.508 e. The van der Waals surface area contributed by atoms with Crippen LogP contribution in [-0.2, 0) is 33.6 Å². The Kier molecular flexibility index (Phi) is 13.9. The van der Waals surface area contributed by atoms with E-state index in [1.54, 1.807) is 48.5 Å². The number of nitrogens with one attached hydrogen (secondary N) is 3. The lowest BCUT2D eigenvalue weighted by atomic mass is 10.0. The first-order valence-corrected chi connectivity index (χ1v) is 16.5. The van der Waals surface area contributed by atoms with E-state index in [-0.39, 0.29) is 31.0 Å². The van der Waals surface area contributed by atoms with Crippen LogP contribution >= 0.6 is 0 Å². The predicted molar refractivity (Wildman–Crippen MR) is 192 cm³/mol. The second kappa shape index (κ2) is 18.8. The molecule has 0 aliphatic heterocycles. The zero-order chi connectivity index (χ0) is 35.0. The zero-order valence-electron chi connectivity index (χ0n) is 28.0. The third kappa shape index (κ3) is 11.6. The molecule has 0 aliphatic carbocycles. The Balaban J connectivity index is 1.54. The number of phenols is 1. The summed E-state index contributed by atoms with van der Waals surface area (Å²) in [7, 11) is 1.66. The van der Waals surface area contributed by atoms with E-state index in [1.165, 1.54) is 12.4 Å². The summed E-state index contributed by atoms with van der Waals surface area (Å²) in [5.41, 5.74) is 4.26. The number of hydrogen-bond donors (Lipinski definition) is 5. The largest absolute Gasteiger partial charge is 0.508 e. The number of allylic oxidation sites excluding steroid dienone is 1. The van der Waals surface area contributed by atoms with Crippen LogP contribution in [0, 0.1) is 0 Å². The molecule has 0 unspecified atom stereocenters. The number of aromatic nitrogens is 2. The molecular formula is C39H45N5O5. The predicted octanol–water partition coefficient (Wildman–Crippen LogP) is 5.02. The van der Waals surface area contributed by atoms with Crippen LogP contribution in [0.15, 0.2) is 104 Å². The summed E-state index contributed by atoms with van der Waals surface area (Å²) in [6.07, 6.45) is 13.2. The highest BCUT2D eigenvalue weighted by Crippen LogP contribution is 2.16. The first-order valence-electron chi connectivity index (χ1n) is 16.5. The molecule has 0 spiro atoms. The van der Waals surface area contributed by atoms with Crippen molar-refractivity contribution in [2.45, 2.75) is 57.2 Å². The summed E-state index contributed by atoms with van der Waals surface area (Å²) in [6, 6.07) is 21.5. The summed E-state index contributed by atoms with van der Waals surface area (Å²) in [4.78, 5) is 48.4. The Morgan fingerprint density at radius 1 is 0.878 bits per heavy atom. The summed E-state index contributed by atoms with van der Waals surface area (Å²) in [5.74, 6) is -1.66. The molecule has 1 heterocycles. The number of aromatic hydroxyl groups is 1. The van der Waals surface area contributed by atoms with Crippen molar-refractivity contribution in [1.82, 2.24) is 25.5 Å². The molecule has 2 amide bonds. The minimum absolute atomic E-state index is 0.117. The lowest BCUT2D eigenvalue weighted by molar-refractivity contribution is -0.139. The van der Waals surface area contributed by atoms with Gasteiger partial charge in [-0.1, -0.05) is 92.2 Å². The second-order valence-electron chi connectivity index (χ2n) is 12.0. The number of amides is 2. The number of phenolic OH excluding ortho intramolecular Hbond substituents is 1. The maximum atomic E-state index is 14.2. The molecule has 0 fully saturated rings. The number of aromatic amines is 1. The molecule has 0 aliphatic rings. The van der Waals surface area contributed by atoms with Crippen molar-refractivity contribution < 1.29 is 24.6 Å². The maximum absolute atomic E-state index is 14.2. The van der Waals surface area contributed by atoms with E-state index in [2.05, 4.69) is 33.6 Å². The average Bonchev–Trinajstić information content (AvgIpc) is 3.62. The van der Waals surface area contributed by atoms with E-state index in [9.17, 15) is 24.6 Å². The number of carboxylic acids is 1. The molecule has 0 radical (unpaired) electrons. The number of unbranched alkanes of at least 4 members (excludes halogenated alkanes) is 1. The Morgan fingerprint density at radius 3 is 2.20 bits per heavy atom. The number of nitrogens with zero attached hydrogens (tertiary/aromatic N) is 2. The van der Waals surface area contributed by atoms with Crippen molar-refractivity contribution in [2.24, 2.45) is 0 Å². The smallest absolute Gasteiger partial charge is 0.321 e. The van der Waals surface area contributed by atoms with Crippen molar-refractivity contribution in [3.05, 3.63) is 131 Å². The van der Waals surface area contributed by atoms with Crippen LogP contribution < -0.4 is 10.6 Å². The highest BCUT2D eigenvalue weighted by Gasteiger charge is 2.30. The van der Waals surface area contributed by atoms with Gasteiger partial charge in [0.25, 0.3) is 0 Å².